The van der Waals surface area contributed by atoms with Crippen molar-refractivity contribution in [3.63, 3.8) is 0 Å². The Morgan fingerprint density at radius 2 is 2.05 bits per heavy atom. The first-order valence-electron chi connectivity index (χ1n) is 12.7. The second-order valence-corrected chi connectivity index (χ2v) is 9.59. The first-order chi connectivity index (χ1) is 18.1. The van der Waals surface area contributed by atoms with Crippen molar-refractivity contribution >= 4 is 40.6 Å². The number of aromatic amines is 1. The van der Waals surface area contributed by atoms with Crippen LogP contribution in [0.1, 0.15) is 25.3 Å². The number of nitrogens with one attached hydrogen (secondary N) is 3. The second kappa shape index (κ2) is 11.0. The van der Waals surface area contributed by atoms with Crippen molar-refractivity contribution in [1.29, 1.82) is 0 Å². The van der Waals surface area contributed by atoms with Gasteiger partial charge in [0.05, 0.1) is 24.2 Å². The van der Waals surface area contributed by atoms with Crippen molar-refractivity contribution in [1.82, 2.24) is 20.0 Å². The van der Waals surface area contributed by atoms with E-state index in [2.05, 4.69) is 25.7 Å². The summed E-state index contributed by atoms with van der Waals surface area (Å²) >= 11 is 0. The van der Waals surface area contributed by atoms with Gasteiger partial charge >= 0.3 is 12.0 Å². The number of ether oxygens (including phenoxy) is 1. The van der Waals surface area contributed by atoms with Crippen LogP contribution in [0.5, 0.6) is 0 Å². The molecule has 1 saturated heterocycles. The number of fused-ring (bicyclic) bond motifs is 2. The lowest BCUT2D eigenvalue weighted by Crippen LogP contribution is -2.52. The molecule has 2 aromatic carbocycles. The summed E-state index contributed by atoms with van der Waals surface area (Å²) in [4.78, 5) is 41.9. The average molecular weight is 505 g/mol. The van der Waals surface area contributed by atoms with Gasteiger partial charge in [-0.3, -0.25) is 5.10 Å². The summed E-state index contributed by atoms with van der Waals surface area (Å²) in [5, 5.41) is 14.1. The molecule has 2 atom stereocenters. The number of amides is 2. The molecule has 10 nitrogen and oxygen atoms in total. The average Bonchev–Trinajstić information content (AvgIpc) is 3.39. The number of carbonyl (C=O) groups excluding carboxylic acids is 3. The molecular weight excluding hydrogens is 472 g/mol. The van der Waals surface area contributed by atoms with Gasteiger partial charge in [-0.1, -0.05) is 18.2 Å². The highest BCUT2D eigenvalue weighted by Gasteiger charge is 2.35. The van der Waals surface area contributed by atoms with E-state index in [1.54, 1.807) is 13.1 Å². The van der Waals surface area contributed by atoms with Crippen LogP contribution < -0.4 is 10.6 Å². The Balaban J connectivity index is 1.23. The van der Waals surface area contributed by atoms with Crippen molar-refractivity contribution in [2.45, 2.75) is 38.4 Å². The van der Waals surface area contributed by atoms with Crippen LogP contribution in [-0.4, -0.2) is 76.6 Å². The van der Waals surface area contributed by atoms with Gasteiger partial charge in [0.15, 0.2) is 0 Å². The Hall–Kier alpha value is -3.92. The number of urea groups is 1. The normalized spacial score (nSPS) is 18.1. The highest BCUT2D eigenvalue weighted by atomic mass is 16.5. The summed E-state index contributed by atoms with van der Waals surface area (Å²) in [6.45, 7) is 4.47. The number of benzene rings is 2. The van der Waals surface area contributed by atoms with E-state index in [1.807, 2.05) is 47.4 Å². The summed E-state index contributed by atoms with van der Waals surface area (Å²) in [5.74, 6) is -1.05. The summed E-state index contributed by atoms with van der Waals surface area (Å²) in [6, 6.07) is 12.7. The molecule has 3 aromatic rings. The lowest BCUT2D eigenvalue weighted by atomic mass is 9.96. The van der Waals surface area contributed by atoms with Crippen LogP contribution >= 0.6 is 0 Å². The Bertz CT molecular complexity index is 1270. The molecule has 2 amide bonds. The fourth-order valence-electron chi connectivity index (χ4n) is 5.24. The number of likely N-dealkylation sites (tertiary alicyclic amines) is 1. The molecule has 3 heterocycles. The van der Waals surface area contributed by atoms with E-state index < -0.39 is 17.9 Å². The molecule has 0 radical (unpaired) electrons. The van der Waals surface area contributed by atoms with Gasteiger partial charge in [0, 0.05) is 49.0 Å². The van der Waals surface area contributed by atoms with Crippen molar-refractivity contribution in [3.8, 4) is 0 Å². The number of H-pyrrole nitrogens is 1. The number of rotatable bonds is 9. The van der Waals surface area contributed by atoms with Crippen LogP contribution in [0, 0.1) is 5.92 Å². The van der Waals surface area contributed by atoms with E-state index in [9.17, 15) is 14.4 Å². The number of hydrogen-bond donors (Lipinski definition) is 3. The second-order valence-electron chi connectivity index (χ2n) is 9.59. The molecule has 1 aromatic heterocycles. The van der Waals surface area contributed by atoms with Gasteiger partial charge in [-0.25, -0.2) is 9.59 Å². The number of esters is 1. The maximum atomic E-state index is 12.9. The molecule has 3 N–H and O–H groups in total. The molecule has 0 saturated carbocycles. The summed E-state index contributed by atoms with van der Waals surface area (Å²) in [6.07, 6.45) is 4.15. The molecule has 194 valence electrons. The predicted molar refractivity (Wildman–Crippen MR) is 140 cm³/mol. The van der Waals surface area contributed by atoms with E-state index in [4.69, 9.17) is 4.74 Å². The maximum absolute atomic E-state index is 12.9. The summed E-state index contributed by atoms with van der Waals surface area (Å²) < 4.78 is 5.31. The minimum Gasteiger partial charge on any atom is -0.464 e. The maximum Gasteiger partial charge on any atom is 0.329 e. The van der Waals surface area contributed by atoms with Gasteiger partial charge in [-0.2, -0.15) is 5.10 Å². The Morgan fingerprint density at radius 1 is 1.24 bits per heavy atom. The number of piperidine rings is 1. The molecule has 2 aliphatic rings. The number of nitrogens with zero attached hydrogens (tertiary/aromatic N) is 3. The highest BCUT2D eigenvalue weighted by Crippen LogP contribution is 2.28. The third-order valence-corrected chi connectivity index (χ3v) is 7.23. The third-order valence-electron chi connectivity index (χ3n) is 7.23. The van der Waals surface area contributed by atoms with Crippen molar-refractivity contribution < 1.29 is 19.1 Å². The number of aromatic nitrogens is 2. The number of anilines is 2. The Morgan fingerprint density at radius 3 is 2.84 bits per heavy atom. The predicted octanol–water partition coefficient (Wildman–Crippen LogP) is 3.23. The van der Waals surface area contributed by atoms with Crippen LogP contribution in [0.2, 0.25) is 0 Å². The fourth-order valence-corrected chi connectivity index (χ4v) is 5.24. The fraction of sp³-hybridized carbons (Fsp3) is 0.407. The molecule has 2 unspecified atom stereocenters. The zero-order chi connectivity index (χ0) is 25.8. The van der Waals surface area contributed by atoms with Gasteiger partial charge in [-0.05, 0) is 49.6 Å². The Kier molecular flexibility index (Phi) is 7.36. The minimum atomic E-state index is -0.816. The van der Waals surface area contributed by atoms with Crippen molar-refractivity contribution in [2.75, 3.05) is 36.9 Å². The molecule has 10 heteroatoms. The van der Waals surface area contributed by atoms with Crippen LogP contribution in [0.4, 0.5) is 16.2 Å². The highest BCUT2D eigenvalue weighted by molar-refractivity contribution is 5.92. The summed E-state index contributed by atoms with van der Waals surface area (Å²) in [5.41, 5.74) is 3.59. The van der Waals surface area contributed by atoms with E-state index in [1.165, 1.54) is 0 Å². The zero-order valence-electron chi connectivity index (χ0n) is 20.9. The molecule has 0 bridgehead atoms. The standard InChI is InChI=1S/C27H32N6O4/c1-2-37-26(35)25(29-21-7-8-24-19(13-21)14-28-31-24)20(17-34)15-32-11-9-22(10-12-32)33-16-18-5-3-4-6-23(18)30-27(33)36/h3-8,13-14,17,20,22,25,29H,2,9-12,15-16H2,1H3,(H,28,31)(H,30,36). The molecule has 2 aliphatic heterocycles. The van der Waals surface area contributed by atoms with Gasteiger partial charge in [-0.15, -0.1) is 0 Å². The molecule has 1 fully saturated rings. The molecule has 0 spiro atoms. The Labute approximate surface area is 215 Å². The lowest BCUT2D eigenvalue weighted by molar-refractivity contribution is -0.146. The van der Waals surface area contributed by atoms with Crippen LogP contribution in [0.25, 0.3) is 10.9 Å². The van der Waals surface area contributed by atoms with Gasteiger partial charge in [0.1, 0.15) is 12.3 Å². The quantitative estimate of drug-likeness (QED) is 0.302. The minimum absolute atomic E-state index is 0.0657. The van der Waals surface area contributed by atoms with E-state index in [0.717, 1.165) is 54.4 Å². The lowest BCUT2D eigenvalue weighted by Gasteiger charge is -2.41. The number of aldehydes is 1. The molecular formula is C27H32N6O4. The van der Waals surface area contributed by atoms with Crippen molar-refractivity contribution in [2.24, 2.45) is 5.92 Å². The number of hydrogen-bond acceptors (Lipinski definition) is 7. The van der Waals surface area contributed by atoms with Crippen LogP contribution in [0.3, 0.4) is 0 Å². The molecule has 37 heavy (non-hydrogen) atoms. The topological polar surface area (TPSA) is 120 Å². The largest absolute Gasteiger partial charge is 0.464 e. The third kappa shape index (κ3) is 5.43. The number of para-hydroxylation sites is 1. The van der Waals surface area contributed by atoms with E-state index in [-0.39, 0.29) is 18.7 Å². The monoisotopic (exact) mass is 504 g/mol. The van der Waals surface area contributed by atoms with E-state index in [0.29, 0.717) is 18.8 Å². The SMILES string of the molecule is CCOC(=O)C(Nc1ccc2[nH]ncc2c1)C(C=O)CN1CCC(N2Cc3ccccc3NC2=O)CC1. The van der Waals surface area contributed by atoms with Gasteiger partial charge < -0.3 is 30.0 Å². The number of carbonyl (C=O) groups is 3. The first-order valence-corrected chi connectivity index (χ1v) is 12.7. The van der Waals surface area contributed by atoms with E-state index >= 15 is 0 Å². The van der Waals surface area contributed by atoms with Gasteiger partial charge in [0.2, 0.25) is 0 Å². The molecule has 0 aliphatic carbocycles. The van der Waals surface area contributed by atoms with Crippen molar-refractivity contribution in [3.05, 3.63) is 54.2 Å². The van der Waals surface area contributed by atoms with Crippen LogP contribution in [-0.2, 0) is 20.9 Å². The van der Waals surface area contributed by atoms with Gasteiger partial charge in [0.25, 0.3) is 0 Å². The summed E-state index contributed by atoms with van der Waals surface area (Å²) in [7, 11) is 0. The smallest absolute Gasteiger partial charge is 0.329 e. The first kappa shape index (κ1) is 24.8. The zero-order valence-corrected chi connectivity index (χ0v) is 20.9. The van der Waals surface area contributed by atoms with Crippen LogP contribution in [0.15, 0.2) is 48.7 Å². The molecule has 5 rings (SSSR count).